The van der Waals surface area contributed by atoms with E-state index in [0.29, 0.717) is 12.2 Å². The van der Waals surface area contributed by atoms with E-state index in [1.54, 1.807) is 6.08 Å². The van der Waals surface area contributed by atoms with Crippen molar-refractivity contribution < 1.29 is 13.2 Å². The van der Waals surface area contributed by atoms with Crippen LogP contribution in [0.5, 0.6) is 0 Å². The molecule has 0 radical (unpaired) electrons. The minimum atomic E-state index is -0.543. The monoisotopic (exact) mass is 416 g/mol. The second kappa shape index (κ2) is 11.6. The highest BCUT2D eigenvalue weighted by atomic mass is 19.1. The van der Waals surface area contributed by atoms with Gasteiger partial charge in [0.2, 0.25) is 0 Å². The van der Waals surface area contributed by atoms with Crippen molar-refractivity contribution in [3.8, 4) is 11.8 Å². The van der Waals surface area contributed by atoms with Crippen LogP contribution in [0, 0.1) is 47.1 Å². The summed E-state index contributed by atoms with van der Waals surface area (Å²) in [5.41, 5.74) is 0.634. The third-order valence-electron chi connectivity index (χ3n) is 7.12. The number of halogens is 3. The average molecular weight is 417 g/mol. The van der Waals surface area contributed by atoms with Gasteiger partial charge in [0.1, 0.15) is 11.6 Å². The highest BCUT2D eigenvalue weighted by molar-refractivity contribution is 5.39. The van der Waals surface area contributed by atoms with Crippen LogP contribution in [0.2, 0.25) is 0 Å². The van der Waals surface area contributed by atoms with E-state index < -0.39 is 11.6 Å². The standard InChI is InChI=1S/C27H35F3/c1-2-3-20-4-6-21(7-5-20)12-13-24-18-26(29)25(27(30)19-24)15-14-22-8-10-23(11-9-22)16-17-28/h16-23H,2-13H2,1H3/t20-,21-,22-,23-. The number of hydrogen-bond acceptors (Lipinski definition) is 0. The Morgan fingerprint density at radius 2 is 1.50 bits per heavy atom. The van der Waals surface area contributed by atoms with Crippen LogP contribution in [-0.4, -0.2) is 0 Å². The summed E-state index contributed by atoms with van der Waals surface area (Å²) in [5, 5.41) is 0. The van der Waals surface area contributed by atoms with E-state index in [4.69, 9.17) is 0 Å². The van der Waals surface area contributed by atoms with Gasteiger partial charge >= 0.3 is 0 Å². The maximum Gasteiger partial charge on any atom is 0.142 e. The van der Waals surface area contributed by atoms with Crippen molar-refractivity contribution in [2.24, 2.45) is 23.7 Å². The maximum atomic E-state index is 14.5. The SMILES string of the molecule is CCC[C@H]1CC[C@H](CCc2cc(F)c(C#C[C@H]3CC[C@H](C=CF)CC3)c(F)c2)CC1. The summed E-state index contributed by atoms with van der Waals surface area (Å²) in [7, 11) is 0. The van der Waals surface area contributed by atoms with Gasteiger partial charge in [-0.25, -0.2) is 13.2 Å². The van der Waals surface area contributed by atoms with Gasteiger partial charge in [-0.1, -0.05) is 63.4 Å². The quantitative estimate of drug-likeness (QED) is 0.411. The lowest BCUT2D eigenvalue weighted by Crippen LogP contribution is -2.15. The van der Waals surface area contributed by atoms with E-state index in [0.717, 1.165) is 50.0 Å². The van der Waals surface area contributed by atoms with Crippen molar-refractivity contribution in [1.29, 1.82) is 0 Å². The summed E-state index contributed by atoms with van der Waals surface area (Å²) in [6.45, 7) is 2.25. The van der Waals surface area contributed by atoms with Crippen LogP contribution in [0.15, 0.2) is 24.5 Å². The molecule has 30 heavy (non-hydrogen) atoms. The molecule has 0 nitrogen and oxygen atoms in total. The molecule has 0 unspecified atom stereocenters. The largest absolute Gasteiger partial charge is 0.216 e. The number of rotatable bonds is 6. The smallest absolute Gasteiger partial charge is 0.142 e. The molecule has 0 N–H and O–H groups in total. The zero-order valence-corrected chi connectivity index (χ0v) is 18.2. The van der Waals surface area contributed by atoms with E-state index in [1.165, 1.54) is 50.7 Å². The van der Waals surface area contributed by atoms with Gasteiger partial charge in [-0.05, 0) is 74.0 Å². The highest BCUT2D eigenvalue weighted by Crippen LogP contribution is 2.34. The maximum absolute atomic E-state index is 14.5. The fourth-order valence-electron chi connectivity index (χ4n) is 5.21. The van der Waals surface area contributed by atoms with Crippen LogP contribution in [0.4, 0.5) is 13.2 Å². The van der Waals surface area contributed by atoms with Crippen LogP contribution < -0.4 is 0 Å². The van der Waals surface area contributed by atoms with Crippen LogP contribution in [0.3, 0.4) is 0 Å². The Morgan fingerprint density at radius 1 is 0.900 bits per heavy atom. The molecule has 0 spiro atoms. The van der Waals surface area contributed by atoms with Gasteiger partial charge in [-0.15, -0.1) is 0 Å². The molecule has 3 heteroatoms. The van der Waals surface area contributed by atoms with Crippen molar-refractivity contribution in [3.63, 3.8) is 0 Å². The second-order valence-corrected chi connectivity index (χ2v) is 9.35. The molecule has 0 aliphatic heterocycles. The number of benzene rings is 1. The third kappa shape index (κ3) is 6.66. The van der Waals surface area contributed by atoms with Crippen LogP contribution in [0.1, 0.15) is 88.7 Å². The van der Waals surface area contributed by atoms with Gasteiger partial charge in [-0.2, -0.15) is 0 Å². The van der Waals surface area contributed by atoms with E-state index in [-0.39, 0.29) is 17.4 Å². The molecule has 0 amide bonds. The predicted octanol–water partition coefficient (Wildman–Crippen LogP) is 8.15. The van der Waals surface area contributed by atoms with E-state index in [9.17, 15) is 13.2 Å². The zero-order chi connectivity index (χ0) is 21.3. The first-order chi connectivity index (χ1) is 14.6. The Balaban J connectivity index is 1.52. The highest BCUT2D eigenvalue weighted by Gasteiger charge is 2.21. The van der Waals surface area contributed by atoms with Crippen molar-refractivity contribution in [2.75, 3.05) is 0 Å². The number of hydrogen-bond donors (Lipinski definition) is 0. The van der Waals surface area contributed by atoms with Gasteiger partial charge in [0.25, 0.3) is 0 Å². The van der Waals surface area contributed by atoms with Crippen molar-refractivity contribution in [1.82, 2.24) is 0 Å². The Hall–Kier alpha value is -1.69. The molecule has 0 atom stereocenters. The van der Waals surface area contributed by atoms with E-state index in [1.807, 2.05) is 0 Å². The summed E-state index contributed by atoms with van der Waals surface area (Å²) < 4.78 is 41.3. The fourth-order valence-corrected chi connectivity index (χ4v) is 5.21. The zero-order valence-electron chi connectivity index (χ0n) is 18.2. The van der Waals surface area contributed by atoms with Gasteiger partial charge in [-0.3, -0.25) is 0 Å². The molecule has 2 fully saturated rings. The van der Waals surface area contributed by atoms with Crippen LogP contribution >= 0.6 is 0 Å². The Kier molecular flexibility index (Phi) is 8.91. The lowest BCUT2D eigenvalue weighted by Gasteiger charge is -2.28. The summed E-state index contributed by atoms with van der Waals surface area (Å²) >= 11 is 0. The first kappa shape index (κ1) is 23.0. The van der Waals surface area contributed by atoms with Gasteiger partial charge < -0.3 is 0 Å². The fraction of sp³-hybridized carbons (Fsp3) is 0.630. The topological polar surface area (TPSA) is 0 Å². The summed E-state index contributed by atoms with van der Waals surface area (Å²) in [4.78, 5) is 0. The van der Waals surface area contributed by atoms with Crippen molar-refractivity contribution in [3.05, 3.63) is 47.3 Å². The molecule has 1 aromatic rings. The van der Waals surface area contributed by atoms with Crippen LogP contribution in [-0.2, 0) is 6.42 Å². The summed E-state index contributed by atoms with van der Waals surface area (Å²) in [6, 6.07) is 2.94. The lowest BCUT2D eigenvalue weighted by atomic mass is 9.78. The van der Waals surface area contributed by atoms with E-state index >= 15 is 0 Å². The first-order valence-electron chi connectivity index (χ1n) is 11.8. The van der Waals surface area contributed by atoms with Gasteiger partial charge in [0.15, 0.2) is 0 Å². The normalized spacial score (nSPS) is 27.1. The van der Waals surface area contributed by atoms with Gasteiger partial charge in [0.05, 0.1) is 11.9 Å². The molecule has 0 saturated heterocycles. The molecule has 1 aromatic carbocycles. The van der Waals surface area contributed by atoms with E-state index in [2.05, 4.69) is 18.8 Å². The minimum absolute atomic E-state index is 0.107. The van der Waals surface area contributed by atoms with Crippen molar-refractivity contribution in [2.45, 2.75) is 84.0 Å². The molecule has 0 bridgehead atoms. The molecule has 164 valence electrons. The average Bonchev–Trinajstić information content (AvgIpc) is 2.74. The number of allylic oxidation sites excluding steroid dienone is 1. The van der Waals surface area contributed by atoms with Gasteiger partial charge in [0, 0.05) is 5.92 Å². The molecule has 3 rings (SSSR count). The first-order valence-corrected chi connectivity index (χ1v) is 11.8. The number of aryl methyl sites for hydroxylation is 1. The summed E-state index contributed by atoms with van der Waals surface area (Å²) in [5.74, 6) is 6.69. The molecule has 2 saturated carbocycles. The lowest BCUT2D eigenvalue weighted by molar-refractivity contribution is 0.252. The summed E-state index contributed by atoms with van der Waals surface area (Å²) in [6.07, 6.45) is 15.1. The Bertz CT molecular complexity index is 731. The molecule has 2 aliphatic rings. The second-order valence-electron chi connectivity index (χ2n) is 9.35. The molecule has 0 heterocycles. The Labute approximate surface area is 180 Å². The molecular formula is C27H35F3. The Morgan fingerprint density at radius 3 is 2.07 bits per heavy atom. The predicted molar refractivity (Wildman–Crippen MR) is 118 cm³/mol. The minimum Gasteiger partial charge on any atom is -0.216 e. The van der Waals surface area contributed by atoms with Crippen molar-refractivity contribution >= 4 is 0 Å². The van der Waals surface area contributed by atoms with Crippen LogP contribution in [0.25, 0.3) is 0 Å². The molecule has 2 aliphatic carbocycles. The molecule has 0 aromatic heterocycles. The third-order valence-corrected chi connectivity index (χ3v) is 7.12. The molecular weight excluding hydrogens is 381 g/mol.